The number of carbonyl (C=O) groups is 2. The van der Waals surface area contributed by atoms with E-state index in [-0.39, 0.29) is 5.91 Å². The van der Waals surface area contributed by atoms with E-state index in [2.05, 4.69) is 81.6 Å². The van der Waals surface area contributed by atoms with Crippen molar-refractivity contribution in [1.29, 1.82) is 0 Å². The van der Waals surface area contributed by atoms with Crippen molar-refractivity contribution >= 4 is 55.7 Å². The van der Waals surface area contributed by atoms with Gasteiger partial charge in [-0.25, -0.2) is 0 Å². The summed E-state index contributed by atoms with van der Waals surface area (Å²) in [5.41, 5.74) is 9.91. The number of nitrogens with zero attached hydrogens (tertiary/aromatic N) is 2. The van der Waals surface area contributed by atoms with Gasteiger partial charge in [0.1, 0.15) is 6.29 Å². The normalized spacial score (nSPS) is 18.6. The molecule has 2 aromatic rings. The number of fused-ring (bicyclic) bond motifs is 2. The number of rotatable bonds is 7. The summed E-state index contributed by atoms with van der Waals surface area (Å²) in [5.74, 6) is 1.28. The van der Waals surface area contributed by atoms with E-state index in [1.807, 2.05) is 6.20 Å². The van der Waals surface area contributed by atoms with Crippen LogP contribution in [0.25, 0.3) is 0 Å². The monoisotopic (exact) mass is 697 g/mol. The minimum Gasteiger partial charge on any atom is -0.370 e. The first-order valence-corrected chi connectivity index (χ1v) is 16.6. The minimum atomic E-state index is -0.333. The number of amides is 1. The number of halogens is 3. The van der Waals surface area contributed by atoms with Crippen LogP contribution in [0, 0.1) is 11.8 Å². The summed E-state index contributed by atoms with van der Waals surface area (Å²) in [7, 11) is 2.24. The van der Waals surface area contributed by atoms with Gasteiger partial charge in [0.25, 0.3) is 0 Å². The summed E-state index contributed by atoms with van der Waals surface area (Å²) in [6.07, 6.45) is 14.4. The van der Waals surface area contributed by atoms with Crippen LogP contribution in [0.2, 0.25) is 5.02 Å². The molecule has 0 saturated carbocycles. The molecule has 1 aliphatic heterocycles. The van der Waals surface area contributed by atoms with Crippen molar-refractivity contribution in [2.75, 3.05) is 20.1 Å². The Morgan fingerprint density at radius 2 is 1.77 bits per heavy atom. The zero-order chi connectivity index (χ0) is 29.7. The van der Waals surface area contributed by atoms with Crippen LogP contribution < -0.4 is 5.73 Å². The number of nitrogens with two attached hydrogens (primary N) is 1. The van der Waals surface area contributed by atoms with Crippen LogP contribution in [0.4, 0.5) is 0 Å². The number of carbonyl (C=O) groups excluding carboxylic acids is 2. The van der Waals surface area contributed by atoms with E-state index in [9.17, 15) is 9.59 Å². The highest BCUT2D eigenvalue weighted by molar-refractivity contribution is 9.10. The van der Waals surface area contributed by atoms with Crippen molar-refractivity contribution in [2.45, 2.75) is 90.9 Å². The fourth-order valence-corrected chi connectivity index (χ4v) is 7.46. The van der Waals surface area contributed by atoms with Crippen molar-refractivity contribution in [3.63, 3.8) is 0 Å². The molecule has 2 N–H and O–H groups in total. The molecule has 0 bridgehead atoms. The topological polar surface area (TPSA) is 76.3 Å². The maximum atomic E-state index is 10.2. The average Bonchev–Trinajstić information content (AvgIpc) is 3.18. The number of benzene rings is 1. The van der Waals surface area contributed by atoms with Gasteiger partial charge in [0.05, 0.1) is 5.69 Å². The van der Waals surface area contributed by atoms with Gasteiger partial charge in [-0.2, -0.15) is 0 Å². The van der Waals surface area contributed by atoms with Crippen LogP contribution in [0.5, 0.6) is 0 Å². The number of aromatic nitrogens is 1. The quantitative estimate of drug-likeness (QED) is 0.294. The maximum absolute atomic E-state index is 10.2. The number of likely N-dealkylation sites (tertiary alicyclic amines) is 1. The van der Waals surface area contributed by atoms with Crippen LogP contribution in [-0.2, 0) is 22.4 Å². The van der Waals surface area contributed by atoms with Crippen molar-refractivity contribution < 1.29 is 9.59 Å². The van der Waals surface area contributed by atoms with Crippen LogP contribution >= 0.6 is 43.5 Å². The lowest BCUT2D eigenvalue weighted by Gasteiger charge is -2.29. The number of hydrogen-bond acceptors (Lipinski definition) is 4. The Hall–Kier alpha value is -1.28. The van der Waals surface area contributed by atoms with Gasteiger partial charge in [0, 0.05) is 39.4 Å². The second kappa shape index (κ2) is 18.3. The third kappa shape index (κ3) is 11.2. The number of aldehydes is 1. The molecule has 1 fully saturated rings. The molecule has 2 unspecified atom stereocenters. The number of aryl methyl sites for hydroxylation is 2. The fourth-order valence-electron chi connectivity index (χ4n) is 5.96. The molecular formula is C32H46Br2ClN3O2. The van der Waals surface area contributed by atoms with Crippen LogP contribution in [0.1, 0.15) is 100 Å². The molecule has 2 atom stereocenters. The molecule has 4 rings (SSSR count). The van der Waals surface area contributed by atoms with E-state index in [0.29, 0.717) is 17.8 Å². The van der Waals surface area contributed by atoms with Gasteiger partial charge in [-0.1, -0.05) is 67.1 Å². The number of pyridine rings is 1. The minimum absolute atomic E-state index is 0.333. The average molecular weight is 700 g/mol. The summed E-state index contributed by atoms with van der Waals surface area (Å²) in [5, 5.41) is 0.815. The summed E-state index contributed by atoms with van der Waals surface area (Å²) in [6.45, 7) is 8.01. The van der Waals surface area contributed by atoms with Crippen molar-refractivity contribution in [2.24, 2.45) is 17.6 Å². The lowest BCUT2D eigenvalue weighted by molar-refractivity contribution is -0.116. The van der Waals surface area contributed by atoms with E-state index in [1.165, 1.54) is 80.8 Å². The predicted octanol–water partition coefficient (Wildman–Crippen LogP) is 8.51. The highest BCUT2D eigenvalue weighted by Gasteiger charge is 2.34. The van der Waals surface area contributed by atoms with E-state index in [4.69, 9.17) is 16.6 Å². The standard InChI is InChI=1S/C21H23Br2ClN2.C9H18O.C2H5NO/c1-26-7-2-3-13(6-8-26)20-19-14(10-17(24)11-18(19)23)4-5-15-9-16(22)12-25-21(15)20;1-3-5-9(6-4-2)7-8-10;1-2(3)4/h9-13,20H,2-8H2,1H3;8-9H,3-7H2,1-2H3;1H3,(H2,3,4). The molecule has 2 aliphatic rings. The summed E-state index contributed by atoms with van der Waals surface area (Å²) in [6, 6.07) is 6.48. The molecule has 40 heavy (non-hydrogen) atoms. The molecule has 8 heteroatoms. The van der Waals surface area contributed by atoms with E-state index in [1.54, 1.807) is 0 Å². The highest BCUT2D eigenvalue weighted by Crippen LogP contribution is 2.46. The lowest BCUT2D eigenvalue weighted by atomic mass is 9.77. The molecular weight excluding hydrogens is 654 g/mol. The SMILES string of the molecule is CC(N)=O.CCCC(CC=O)CCC.CN1CCCC(C2c3ncc(Br)cc3CCc3cc(Cl)cc(Br)c32)CC1. The second-order valence-electron chi connectivity index (χ2n) is 11.1. The van der Waals surface area contributed by atoms with Crippen molar-refractivity contribution in [3.05, 3.63) is 60.7 Å². The van der Waals surface area contributed by atoms with Crippen LogP contribution in [0.15, 0.2) is 33.3 Å². The Bertz CT molecular complexity index is 1090. The Morgan fingerprint density at radius 1 is 1.12 bits per heavy atom. The molecule has 0 spiro atoms. The maximum Gasteiger partial charge on any atom is 0.214 e. The highest BCUT2D eigenvalue weighted by atomic mass is 79.9. The van der Waals surface area contributed by atoms with Gasteiger partial charge in [0.15, 0.2) is 0 Å². The van der Waals surface area contributed by atoms with E-state index >= 15 is 0 Å². The van der Waals surface area contributed by atoms with Gasteiger partial charge >= 0.3 is 0 Å². The van der Waals surface area contributed by atoms with E-state index in [0.717, 1.165) is 46.1 Å². The predicted molar refractivity (Wildman–Crippen MR) is 174 cm³/mol. The first kappa shape index (κ1) is 34.9. The van der Waals surface area contributed by atoms with Crippen LogP contribution in [0.3, 0.4) is 0 Å². The van der Waals surface area contributed by atoms with Gasteiger partial charge in [-0.05, 0) is 115 Å². The molecule has 1 amide bonds. The Kier molecular flexibility index (Phi) is 16.0. The summed E-state index contributed by atoms with van der Waals surface area (Å²) in [4.78, 5) is 26.8. The van der Waals surface area contributed by atoms with Crippen LogP contribution in [-0.4, -0.2) is 42.2 Å². The summed E-state index contributed by atoms with van der Waals surface area (Å²) < 4.78 is 2.21. The molecule has 5 nitrogen and oxygen atoms in total. The first-order valence-electron chi connectivity index (χ1n) is 14.6. The van der Waals surface area contributed by atoms with Crippen molar-refractivity contribution in [1.82, 2.24) is 9.88 Å². The third-order valence-electron chi connectivity index (χ3n) is 7.71. The molecule has 222 valence electrons. The fraction of sp³-hybridized carbons (Fsp3) is 0.594. The van der Waals surface area contributed by atoms with Gasteiger partial charge in [-0.15, -0.1) is 0 Å². The summed E-state index contributed by atoms with van der Waals surface area (Å²) >= 11 is 13.8. The smallest absolute Gasteiger partial charge is 0.214 e. The van der Waals surface area contributed by atoms with Crippen molar-refractivity contribution in [3.8, 4) is 0 Å². The first-order chi connectivity index (χ1) is 19.1. The Labute approximate surface area is 263 Å². The molecule has 1 aromatic heterocycles. The zero-order valence-electron chi connectivity index (χ0n) is 24.5. The molecule has 1 aromatic carbocycles. The van der Waals surface area contributed by atoms with E-state index < -0.39 is 0 Å². The third-order valence-corrected chi connectivity index (χ3v) is 9.02. The molecule has 1 aliphatic carbocycles. The van der Waals surface area contributed by atoms with Gasteiger partial charge in [-0.3, -0.25) is 9.78 Å². The second-order valence-corrected chi connectivity index (χ2v) is 13.3. The number of hydrogen-bond donors (Lipinski definition) is 1. The lowest BCUT2D eigenvalue weighted by Crippen LogP contribution is -2.21. The Balaban J connectivity index is 0.000000335. The van der Waals surface area contributed by atoms with Gasteiger partial charge < -0.3 is 15.4 Å². The zero-order valence-corrected chi connectivity index (χ0v) is 28.5. The molecule has 2 heterocycles. The number of primary amides is 1. The molecule has 0 radical (unpaired) electrons. The largest absolute Gasteiger partial charge is 0.370 e. The molecule has 1 saturated heterocycles. The Morgan fingerprint density at radius 3 is 2.40 bits per heavy atom. The van der Waals surface area contributed by atoms with Gasteiger partial charge in [0.2, 0.25) is 5.91 Å².